The average molecular weight is 265 g/mol. The monoisotopic (exact) mass is 265 g/mol. The van der Waals surface area contributed by atoms with E-state index in [4.69, 9.17) is 15.0 Å². The van der Waals surface area contributed by atoms with E-state index in [0.717, 1.165) is 25.7 Å². The molecule has 0 aliphatic heterocycles. The topological polar surface area (TPSA) is 113 Å². The van der Waals surface area contributed by atoms with Gasteiger partial charge in [-0.15, -0.1) is 0 Å². The van der Waals surface area contributed by atoms with Crippen molar-refractivity contribution in [3.8, 4) is 11.6 Å². The molecule has 19 heavy (non-hydrogen) atoms. The van der Waals surface area contributed by atoms with Gasteiger partial charge in [0.15, 0.2) is 0 Å². The Kier molecular flexibility index (Phi) is 2.94. The molecule has 8 nitrogen and oxygen atoms in total. The van der Waals surface area contributed by atoms with Crippen LogP contribution in [0.1, 0.15) is 37.9 Å². The van der Waals surface area contributed by atoms with E-state index in [0.29, 0.717) is 5.82 Å². The highest BCUT2D eigenvalue weighted by atomic mass is 16.6. The van der Waals surface area contributed by atoms with Crippen LogP contribution >= 0.6 is 0 Å². The fourth-order valence-electron chi connectivity index (χ4n) is 2.49. The highest BCUT2D eigenvalue weighted by Gasteiger charge is 2.39. The first-order chi connectivity index (χ1) is 9.25. The lowest BCUT2D eigenvalue weighted by Crippen LogP contribution is -2.32. The predicted octanol–water partition coefficient (Wildman–Crippen LogP) is 1.51. The Hall–Kier alpha value is -1.96. The number of methoxy groups -OCH3 is 1. The lowest BCUT2D eigenvalue weighted by Gasteiger charge is -2.32. The van der Waals surface area contributed by atoms with Gasteiger partial charge < -0.3 is 15.0 Å². The summed E-state index contributed by atoms with van der Waals surface area (Å²) < 4.78 is 15.4. The van der Waals surface area contributed by atoms with Crippen LogP contribution < -0.4 is 5.73 Å². The summed E-state index contributed by atoms with van der Waals surface area (Å²) in [5, 5.41) is 11.1. The van der Waals surface area contributed by atoms with E-state index >= 15 is 0 Å². The molecule has 1 aliphatic rings. The Labute approximate surface area is 109 Å². The zero-order valence-corrected chi connectivity index (χ0v) is 10.6. The van der Waals surface area contributed by atoms with Crippen molar-refractivity contribution in [2.45, 2.75) is 37.7 Å². The minimum Gasteiger partial charge on any atom is -0.379 e. The van der Waals surface area contributed by atoms with E-state index in [-0.39, 0.29) is 17.4 Å². The van der Waals surface area contributed by atoms with Crippen molar-refractivity contribution in [3.05, 3.63) is 5.82 Å². The number of nitrogen functional groups attached to an aromatic ring is 1. The summed E-state index contributed by atoms with van der Waals surface area (Å²) in [4.78, 5) is 4.33. The number of rotatable bonds is 3. The molecule has 2 heterocycles. The van der Waals surface area contributed by atoms with Crippen molar-refractivity contribution < 1.29 is 13.9 Å². The number of hydrogen-bond donors (Lipinski definition) is 1. The van der Waals surface area contributed by atoms with E-state index in [2.05, 4.69) is 25.1 Å². The Bertz CT molecular complexity index is 558. The molecule has 0 amide bonds. The van der Waals surface area contributed by atoms with Gasteiger partial charge in [0.1, 0.15) is 5.60 Å². The number of nitrogens with two attached hydrogens (primary N) is 1. The maximum absolute atomic E-state index is 5.65. The van der Waals surface area contributed by atoms with Crippen LogP contribution in [-0.2, 0) is 10.3 Å². The maximum atomic E-state index is 5.65. The Morgan fingerprint density at radius 2 is 1.95 bits per heavy atom. The SMILES string of the molecule is COC1(c2noc(-c3nonc3N)n2)CCCCC1. The summed E-state index contributed by atoms with van der Waals surface area (Å²) in [5.74, 6) is 0.869. The predicted molar refractivity (Wildman–Crippen MR) is 63.8 cm³/mol. The summed E-state index contributed by atoms with van der Waals surface area (Å²) in [7, 11) is 1.67. The van der Waals surface area contributed by atoms with Crippen molar-refractivity contribution in [2.75, 3.05) is 12.8 Å². The Balaban J connectivity index is 1.94. The largest absolute Gasteiger partial charge is 0.379 e. The summed E-state index contributed by atoms with van der Waals surface area (Å²) in [5.41, 5.74) is 5.40. The smallest absolute Gasteiger partial charge is 0.284 e. The van der Waals surface area contributed by atoms with Gasteiger partial charge in [0.2, 0.25) is 17.3 Å². The molecular weight excluding hydrogens is 250 g/mol. The van der Waals surface area contributed by atoms with E-state index in [1.54, 1.807) is 7.11 Å². The van der Waals surface area contributed by atoms with Crippen LogP contribution in [0.25, 0.3) is 11.6 Å². The van der Waals surface area contributed by atoms with Crippen LogP contribution in [0.5, 0.6) is 0 Å². The van der Waals surface area contributed by atoms with Gasteiger partial charge in [-0.3, -0.25) is 0 Å². The fraction of sp³-hybridized carbons (Fsp3) is 0.636. The van der Waals surface area contributed by atoms with Crippen molar-refractivity contribution in [1.29, 1.82) is 0 Å². The number of ether oxygens (including phenoxy) is 1. The third-order valence-electron chi connectivity index (χ3n) is 3.60. The first-order valence-corrected chi connectivity index (χ1v) is 6.23. The van der Waals surface area contributed by atoms with Gasteiger partial charge in [-0.25, -0.2) is 4.63 Å². The van der Waals surface area contributed by atoms with Crippen LogP contribution in [0.3, 0.4) is 0 Å². The highest BCUT2D eigenvalue weighted by Crippen LogP contribution is 2.39. The van der Waals surface area contributed by atoms with Crippen LogP contribution in [0, 0.1) is 0 Å². The third-order valence-corrected chi connectivity index (χ3v) is 3.60. The fourth-order valence-corrected chi connectivity index (χ4v) is 2.49. The molecule has 1 aliphatic carbocycles. The molecule has 0 spiro atoms. The number of nitrogens with zero attached hydrogens (tertiary/aromatic N) is 4. The molecule has 0 bridgehead atoms. The quantitative estimate of drug-likeness (QED) is 0.888. The van der Waals surface area contributed by atoms with Gasteiger partial charge in [-0.2, -0.15) is 4.98 Å². The van der Waals surface area contributed by atoms with E-state index < -0.39 is 5.60 Å². The van der Waals surface area contributed by atoms with Crippen molar-refractivity contribution in [1.82, 2.24) is 20.5 Å². The molecule has 3 rings (SSSR count). The second-order valence-electron chi connectivity index (χ2n) is 4.68. The standard InChI is InChI=1S/C11H15N5O3/c1-17-11(5-3-2-4-6-11)10-13-9(18-16-10)7-8(12)15-19-14-7/h2-6H2,1H3,(H2,12,15). The van der Waals surface area contributed by atoms with E-state index in [9.17, 15) is 0 Å². The molecule has 0 unspecified atom stereocenters. The Morgan fingerprint density at radius 3 is 2.58 bits per heavy atom. The lowest BCUT2D eigenvalue weighted by molar-refractivity contribution is -0.0527. The van der Waals surface area contributed by atoms with Gasteiger partial charge in [-0.1, -0.05) is 24.4 Å². The minimum atomic E-state index is -0.466. The summed E-state index contributed by atoms with van der Waals surface area (Å²) in [6.45, 7) is 0. The second kappa shape index (κ2) is 4.61. The number of hydrogen-bond acceptors (Lipinski definition) is 8. The maximum Gasteiger partial charge on any atom is 0.284 e. The highest BCUT2D eigenvalue weighted by molar-refractivity contribution is 5.60. The van der Waals surface area contributed by atoms with Crippen LogP contribution in [-0.4, -0.2) is 27.6 Å². The molecule has 1 fully saturated rings. The van der Waals surface area contributed by atoms with Gasteiger partial charge >= 0.3 is 0 Å². The molecule has 2 aromatic heterocycles. The molecule has 1 saturated carbocycles. The molecule has 0 aromatic carbocycles. The van der Waals surface area contributed by atoms with Gasteiger partial charge in [0.05, 0.1) is 0 Å². The summed E-state index contributed by atoms with van der Waals surface area (Å²) in [6, 6.07) is 0. The molecule has 0 radical (unpaired) electrons. The molecule has 102 valence electrons. The average Bonchev–Trinajstić information content (AvgIpc) is 3.08. The minimum absolute atomic E-state index is 0.130. The zero-order chi connectivity index (χ0) is 13.3. The first kappa shape index (κ1) is 12.1. The first-order valence-electron chi connectivity index (χ1n) is 6.23. The van der Waals surface area contributed by atoms with Gasteiger partial charge in [-0.05, 0) is 23.2 Å². The van der Waals surface area contributed by atoms with Crippen molar-refractivity contribution in [2.24, 2.45) is 0 Å². The summed E-state index contributed by atoms with van der Waals surface area (Å²) in [6.07, 6.45) is 5.15. The zero-order valence-electron chi connectivity index (χ0n) is 10.6. The van der Waals surface area contributed by atoms with Crippen LogP contribution in [0.15, 0.2) is 9.15 Å². The molecule has 2 aromatic rings. The molecule has 0 atom stereocenters. The Morgan fingerprint density at radius 1 is 1.16 bits per heavy atom. The van der Waals surface area contributed by atoms with Crippen LogP contribution in [0.4, 0.5) is 5.82 Å². The molecule has 8 heteroatoms. The van der Waals surface area contributed by atoms with Crippen LogP contribution in [0.2, 0.25) is 0 Å². The van der Waals surface area contributed by atoms with Gasteiger partial charge in [0.25, 0.3) is 5.89 Å². The van der Waals surface area contributed by atoms with Crippen molar-refractivity contribution >= 4 is 5.82 Å². The molecular formula is C11H15N5O3. The molecule has 0 saturated heterocycles. The lowest BCUT2D eigenvalue weighted by atomic mass is 9.84. The van der Waals surface area contributed by atoms with Gasteiger partial charge in [0, 0.05) is 7.11 Å². The van der Waals surface area contributed by atoms with E-state index in [1.807, 2.05) is 0 Å². The number of aromatic nitrogens is 4. The third kappa shape index (κ3) is 1.97. The second-order valence-corrected chi connectivity index (χ2v) is 4.68. The van der Waals surface area contributed by atoms with E-state index in [1.165, 1.54) is 6.42 Å². The normalized spacial score (nSPS) is 18.6. The summed E-state index contributed by atoms with van der Waals surface area (Å²) >= 11 is 0. The molecule has 2 N–H and O–H groups in total. The van der Waals surface area contributed by atoms with Crippen molar-refractivity contribution in [3.63, 3.8) is 0 Å². The number of anilines is 1.